The van der Waals surface area contributed by atoms with Gasteiger partial charge in [0.05, 0.1) is 0 Å². The van der Waals surface area contributed by atoms with E-state index in [1.165, 1.54) is 0 Å². The van der Waals surface area contributed by atoms with Gasteiger partial charge in [0.15, 0.2) is 0 Å². The van der Waals surface area contributed by atoms with E-state index in [2.05, 4.69) is 5.32 Å². The highest BCUT2D eigenvalue weighted by Crippen LogP contribution is 2.29. The highest BCUT2D eigenvalue weighted by Gasteiger charge is 2.31. The average Bonchev–Trinajstić information content (AvgIpc) is 2.85. The van der Waals surface area contributed by atoms with Gasteiger partial charge in [0.2, 0.25) is 6.10 Å². The van der Waals surface area contributed by atoms with Crippen molar-refractivity contribution in [3.8, 4) is 0 Å². The maximum atomic E-state index is 13.5. The molecule has 0 aliphatic heterocycles. The van der Waals surface area contributed by atoms with Gasteiger partial charge in [-0.1, -0.05) is 109 Å². The minimum Gasteiger partial charge on any atom is -0.447 e. The Labute approximate surface area is 187 Å². The lowest BCUT2D eigenvalue weighted by atomic mass is 9.91. The van der Waals surface area contributed by atoms with Crippen LogP contribution >= 0.6 is 0 Å². The smallest absolute Gasteiger partial charge is 0.319 e. The summed E-state index contributed by atoms with van der Waals surface area (Å²) in [4.78, 5) is 26.6. The lowest BCUT2D eigenvalue weighted by Crippen LogP contribution is -2.28. The van der Waals surface area contributed by atoms with Crippen LogP contribution in [-0.2, 0) is 14.3 Å². The standard InChI is InChI=1S/C28H23NO3/c30-27(29-24-19-11-4-12-20-24)26(23-17-9-3-10-18-23)32-28(31)25(21-13-5-1-6-14-21)22-15-7-2-8-16-22/h1-20,25-26H,(H,29,30). The molecule has 32 heavy (non-hydrogen) atoms. The zero-order valence-corrected chi connectivity index (χ0v) is 17.4. The van der Waals surface area contributed by atoms with Crippen LogP contribution in [0.1, 0.15) is 28.7 Å². The predicted octanol–water partition coefficient (Wildman–Crippen LogP) is 5.74. The highest BCUT2D eigenvalue weighted by atomic mass is 16.5. The van der Waals surface area contributed by atoms with E-state index in [9.17, 15) is 9.59 Å². The quantitative estimate of drug-likeness (QED) is 0.387. The molecule has 1 atom stereocenters. The lowest BCUT2D eigenvalue weighted by Gasteiger charge is -2.22. The van der Waals surface area contributed by atoms with E-state index >= 15 is 0 Å². The van der Waals surface area contributed by atoms with Crippen molar-refractivity contribution >= 4 is 17.6 Å². The molecule has 0 heterocycles. The number of nitrogens with one attached hydrogen (secondary N) is 1. The van der Waals surface area contributed by atoms with Gasteiger partial charge < -0.3 is 10.1 Å². The first kappa shape index (κ1) is 21.1. The fraction of sp³-hybridized carbons (Fsp3) is 0.0714. The summed E-state index contributed by atoms with van der Waals surface area (Å²) in [5.41, 5.74) is 2.85. The Hall–Kier alpha value is -4.18. The third-order valence-corrected chi connectivity index (χ3v) is 5.12. The molecule has 158 valence electrons. The van der Waals surface area contributed by atoms with Crippen molar-refractivity contribution in [1.82, 2.24) is 0 Å². The second kappa shape index (κ2) is 10.2. The van der Waals surface area contributed by atoms with Crippen molar-refractivity contribution in [2.75, 3.05) is 5.32 Å². The van der Waals surface area contributed by atoms with Crippen molar-refractivity contribution in [3.05, 3.63) is 138 Å². The van der Waals surface area contributed by atoms with Crippen LogP contribution in [-0.4, -0.2) is 11.9 Å². The highest BCUT2D eigenvalue weighted by molar-refractivity contribution is 5.96. The van der Waals surface area contributed by atoms with Gasteiger partial charge in [-0.25, -0.2) is 0 Å². The first-order chi connectivity index (χ1) is 15.7. The Bertz CT molecular complexity index is 1110. The van der Waals surface area contributed by atoms with Gasteiger partial charge in [0.1, 0.15) is 5.92 Å². The summed E-state index contributed by atoms with van der Waals surface area (Å²) in [6.07, 6.45) is -1.08. The zero-order valence-electron chi connectivity index (χ0n) is 17.4. The number of amides is 1. The van der Waals surface area contributed by atoms with Gasteiger partial charge in [-0.3, -0.25) is 9.59 Å². The molecule has 0 aliphatic rings. The van der Waals surface area contributed by atoms with E-state index < -0.39 is 23.9 Å². The Morgan fingerprint density at radius 3 is 1.44 bits per heavy atom. The van der Waals surface area contributed by atoms with Crippen molar-refractivity contribution in [2.24, 2.45) is 0 Å². The van der Waals surface area contributed by atoms with Crippen molar-refractivity contribution < 1.29 is 14.3 Å². The monoisotopic (exact) mass is 421 g/mol. The number of ether oxygens (including phenoxy) is 1. The number of esters is 1. The van der Waals surface area contributed by atoms with Crippen LogP contribution in [0.5, 0.6) is 0 Å². The molecule has 4 aromatic rings. The van der Waals surface area contributed by atoms with Crippen LogP contribution in [0.25, 0.3) is 0 Å². The third-order valence-electron chi connectivity index (χ3n) is 5.12. The summed E-state index contributed by atoms with van der Waals surface area (Å²) in [6.45, 7) is 0. The molecule has 1 N–H and O–H groups in total. The summed E-state index contributed by atoms with van der Waals surface area (Å²) >= 11 is 0. The van der Waals surface area contributed by atoms with Crippen LogP contribution in [0.3, 0.4) is 0 Å². The van der Waals surface area contributed by atoms with Crippen molar-refractivity contribution in [1.29, 1.82) is 0 Å². The van der Waals surface area contributed by atoms with E-state index in [4.69, 9.17) is 4.74 Å². The molecule has 0 spiro atoms. The molecule has 0 aromatic heterocycles. The molecule has 4 nitrogen and oxygen atoms in total. The third kappa shape index (κ3) is 5.10. The van der Waals surface area contributed by atoms with Crippen molar-refractivity contribution in [3.63, 3.8) is 0 Å². The molecule has 0 bridgehead atoms. The number of benzene rings is 4. The minimum atomic E-state index is -1.08. The van der Waals surface area contributed by atoms with E-state index in [-0.39, 0.29) is 0 Å². The van der Waals surface area contributed by atoms with E-state index in [1.54, 1.807) is 24.3 Å². The topological polar surface area (TPSA) is 55.4 Å². The summed E-state index contributed by atoms with van der Waals surface area (Å²) in [5.74, 6) is -1.54. The number of hydrogen-bond donors (Lipinski definition) is 1. The maximum absolute atomic E-state index is 13.5. The van der Waals surface area contributed by atoms with Gasteiger partial charge in [0, 0.05) is 11.3 Å². The largest absolute Gasteiger partial charge is 0.447 e. The minimum absolute atomic E-state index is 0.407. The second-order valence-corrected chi connectivity index (χ2v) is 7.34. The number of rotatable bonds is 7. The molecular weight excluding hydrogens is 398 g/mol. The molecule has 0 saturated carbocycles. The van der Waals surface area contributed by atoms with Crippen LogP contribution in [0, 0.1) is 0 Å². The molecule has 0 radical (unpaired) electrons. The summed E-state index contributed by atoms with van der Waals surface area (Å²) in [6, 6.07) is 37.1. The van der Waals surface area contributed by atoms with Crippen molar-refractivity contribution in [2.45, 2.75) is 12.0 Å². The molecule has 1 amide bonds. The van der Waals surface area contributed by atoms with E-state index in [0.29, 0.717) is 11.3 Å². The number of carbonyl (C=O) groups is 2. The predicted molar refractivity (Wildman–Crippen MR) is 125 cm³/mol. The maximum Gasteiger partial charge on any atom is 0.319 e. The van der Waals surface area contributed by atoms with Crippen LogP contribution < -0.4 is 5.32 Å². The van der Waals surface area contributed by atoms with Gasteiger partial charge in [-0.2, -0.15) is 0 Å². The average molecular weight is 421 g/mol. The summed E-state index contributed by atoms with van der Waals surface area (Å²) in [5, 5.41) is 2.85. The molecule has 0 fully saturated rings. The van der Waals surface area contributed by atoms with Crippen LogP contribution in [0.2, 0.25) is 0 Å². The Kier molecular flexibility index (Phi) is 6.73. The molecule has 0 aliphatic carbocycles. The molecule has 0 saturated heterocycles. The fourth-order valence-electron chi connectivity index (χ4n) is 3.57. The molecular formula is C28H23NO3. The first-order valence-electron chi connectivity index (χ1n) is 10.4. The number of para-hydroxylation sites is 1. The number of carbonyl (C=O) groups excluding carboxylic acids is 2. The number of anilines is 1. The Balaban J connectivity index is 1.65. The molecule has 4 aromatic carbocycles. The summed E-state index contributed by atoms with van der Waals surface area (Å²) < 4.78 is 5.89. The molecule has 4 heteroatoms. The van der Waals surface area contributed by atoms with Gasteiger partial charge in [-0.15, -0.1) is 0 Å². The number of hydrogen-bond acceptors (Lipinski definition) is 3. The lowest BCUT2D eigenvalue weighted by molar-refractivity contribution is -0.155. The molecule has 1 unspecified atom stereocenters. The zero-order chi connectivity index (χ0) is 22.2. The van der Waals surface area contributed by atoms with Crippen LogP contribution in [0.4, 0.5) is 5.69 Å². The fourth-order valence-corrected chi connectivity index (χ4v) is 3.57. The Morgan fingerprint density at radius 2 is 0.969 bits per heavy atom. The van der Waals surface area contributed by atoms with Gasteiger partial charge >= 0.3 is 5.97 Å². The Morgan fingerprint density at radius 1 is 0.562 bits per heavy atom. The van der Waals surface area contributed by atoms with E-state index in [1.807, 2.05) is 97.1 Å². The van der Waals surface area contributed by atoms with Gasteiger partial charge in [-0.05, 0) is 23.3 Å². The first-order valence-corrected chi connectivity index (χ1v) is 10.4. The molecule has 4 rings (SSSR count). The SMILES string of the molecule is O=C(Nc1ccccc1)C(OC(=O)C(c1ccccc1)c1ccccc1)c1ccccc1. The van der Waals surface area contributed by atoms with Crippen LogP contribution in [0.15, 0.2) is 121 Å². The van der Waals surface area contributed by atoms with E-state index in [0.717, 1.165) is 11.1 Å². The second-order valence-electron chi connectivity index (χ2n) is 7.34. The normalized spacial score (nSPS) is 11.5. The summed E-state index contributed by atoms with van der Waals surface area (Å²) in [7, 11) is 0. The van der Waals surface area contributed by atoms with Gasteiger partial charge in [0.25, 0.3) is 5.91 Å².